The number of nitrogens with one attached hydrogen (secondary N) is 2. The molecule has 1 aliphatic heterocycles. The number of rotatable bonds is 5. The van der Waals surface area contributed by atoms with Crippen molar-refractivity contribution in [2.45, 2.75) is 51.3 Å². The van der Waals surface area contributed by atoms with Gasteiger partial charge >= 0.3 is 0 Å². The van der Waals surface area contributed by atoms with Crippen LogP contribution in [0.2, 0.25) is 0 Å². The van der Waals surface area contributed by atoms with E-state index in [1.54, 1.807) is 6.92 Å². The normalized spacial score (nSPS) is 25.9. The van der Waals surface area contributed by atoms with Crippen LogP contribution in [0.15, 0.2) is 0 Å². The third-order valence-corrected chi connectivity index (χ3v) is 2.49. The summed E-state index contributed by atoms with van der Waals surface area (Å²) >= 11 is 0. The van der Waals surface area contributed by atoms with Crippen LogP contribution in [0.5, 0.6) is 0 Å². The Morgan fingerprint density at radius 2 is 2.36 bits per heavy atom. The standard InChI is InChI=1S/C10H20N2O2/c1-7(5-8(2)13)11-6-9-3-4-10(14)12-9/h7-9,11,13H,3-6H2,1-2H3,(H,12,14). The van der Waals surface area contributed by atoms with Gasteiger partial charge in [0.1, 0.15) is 0 Å². The molecule has 3 N–H and O–H groups in total. The van der Waals surface area contributed by atoms with Crippen molar-refractivity contribution in [1.29, 1.82) is 0 Å². The van der Waals surface area contributed by atoms with Crippen LogP contribution in [-0.2, 0) is 4.79 Å². The maximum absolute atomic E-state index is 10.9. The second-order valence-corrected chi connectivity index (χ2v) is 4.20. The van der Waals surface area contributed by atoms with E-state index < -0.39 is 0 Å². The summed E-state index contributed by atoms with van der Waals surface area (Å²) in [5.41, 5.74) is 0. The number of aliphatic hydroxyl groups excluding tert-OH is 1. The summed E-state index contributed by atoms with van der Waals surface area (Å²) in [5, 5.41) is 15.3. The second-order valence-electron chi connectivity index (χ2n) is 4.20. The van der Waals surface area contributed by atoms with E-state index in [9.17, 15) is 4.79 Å². The Bertz CT molecular complexity index is 195. The summed E-state index contributed by atoms with van der Waals surface area (Å²) in [6.45, 7) is 4.64. The molecular weight excluding hydrogens is 180 g/mol. The highest BCUT2D eigenvalue weighted by Gasteiger charge is 2.20. The first-order chi connectivity index (χ1) is 6.58. The van der Waals surface area contributed by atoms with Crippen molar-refractivity contribution < 1.29 is 9.90 Å². The second kappa shape index (κ2) is 5.32. The molecule has 4 heteroatoms. The molecule has 1 saturated heterocycles. The lowest BCUT2D eigenvalue weighted by molar-refractivity contribution is -0.119. The van der Waals surface area contributed by atoms with Crippen molar-refractivity contribution in [3.63, 3.8) is 0 Å². The molecular formula is C10H20N2O2. The van der Waals surface area contributed by atoms with E-state index in [4.69, 9.17) is 5.11 Å². The predicted molar refractivity (Wildman–Crippen MR) is 54.9 cm³/mol. The number of amides is 1. The fourth-order valence-electron chi connectivity index (χ4n) is 1.77. The molecule has 0 aromatic carbocycles. The van der Waals surface area contributed by atoms with E-state index in [1.165, 1.54) is 0 Å². The van der Waals surface area contributed by atoms with Gasteiger partial charge in [0.05, 0.1) is 6.10 Å². The van der Waals surface area contributed by atoms with Gasteiger partial charge < -0.3 is 15.7 Å². The summed E-state index contributed by atoms with van der Waals surface area (Å²) in [5.74, 6) is 0.153. The molecule has 0 bridgehead atoms. The molecule has 1 heterocycles. The monoisotopic (exact) mass is 200 g/mol. The fraction of sp³-hybridized carbons (Fsp3) is 0.900. The van der Waals surface area contributed by atoms with E-state index in [1.807, 2.05) is 6.92 Å². The third-order valence-electron chi connectivity index (χ3n) is 2.49. The average Bonchev–Trinajstić information content (AvgIpc) is 2.47. The van der Waals surface area contributed by atoms with Crippen LogP contribution in [0.3, 0.4) is 0 Å². The molecule has 0 spiro atoms. The number of aliphatic hydroxyl groups is 1. The van der Waals surface area contributed by atoms with Crippen LogP contribution < -0.4 is 10.6 Å². The van der Waals surface area contributed by atoms with Crippen LogP contribution in [0, 0.1) is 0 Å². The third kappa shape index (κ3) is 4.07. The smallest absolute Gasteiger partial charge is 0.220 e. The zero-order chi connectivity index (χ0) is 10.6. The molecule has 1 rings (SSSR count). The number of carbonyl (C=O) groups is 1. The van der Waals surface area contributed by atoms with Gasteiger partial charge in [-0.1, -0.05) is 0 Å². The van der Waals surface area contributed by atoms with Gasteiger partial charge in [0.25, 0.3) is 0 Å². The Labute approximate surface area is 85.1 Å². The molecule has 1 amide bonds. The summed E-state index contributed by atoms with van der Waals surface area (Å²) in [6.07, 6.45) is 2.06. The van der Waals surface area contributed by atoms with E-state index in [0.29, 0.717) is 12.5 Å². The maximum atomic E-state index is 10.9. The molecule has 0 saturated carbocycles. The largest absolute Gasteiger partial charge is 0.393 e. The number of hydrogen-bond acceptors (Lipinski definition) is 3. The molecule has 1 fully saturated rings. The Hall–Kier alpha value is -0.610. The topological polar surface area (TPSA) is 61.4 Å². The van der Waals surface area contributed by atoms with E-state index in [-0.39, 0.29) is 18.1 Å². The lowest BCUT2D eigenvalue weighted by Crippen LogP contribution is -2.40. The molecule has 82 valence electrons. The van der Waals surface area contributed by atoms with Crippen LogP contribution >= 0.6 is 0 Å². The molecule has 0 aromatic heterocycles. The SMILES string of the molecule is CC(O)CC(C)NCC1CCC(=O)N1. The first kappa shape index (κ1) is 11.5. The average molecular weight is 200 g/mol. The first-order valence-electron chi connectivity index (χ1n) is 5.28. The van der Waals surface area contributed by atoms with Gasteiger partial charge in [-0.05, 0) is 26.7 Å². The highest BCUT2D eigenvalue weighted by Crippen LogP contribution is 2.06. The summed E-state index contributed by atoms with van der Waals surface area (Å²) in [4.78, 5) is 10.9. The number of carbonyl (C=O) groups excluding carboxylic acids is 1. The molecule has 14 heavy (non-hydrogen) atoms. The first-order valence-corrected chi connectivity index (χ1v) is 5.28. The Kier molecular flexibility index (Phi) is 4.35. The molecule has 3 atom stereocenters. The van der Waals surface area contributed by atoms with Crippen molar-refractivity contribution in [3.8, 4) is 0 Å². The van der Waals surface area contributed by atoms with Gasteiger partial charge in [0, 0.05) is 25.0 Å². The number of hydrogen-bond donors (Lipinski definition) is 3. The van der Waals surface area contributed by atoms with Crippen molar-refractivity contribution in [2.24, 2.45) is 0 Å². The fourth-order valence-corrected chi connectivity index (χ4v) is 1.77. The van der Waals surface area contributed by atoms with Gasteiger partial charge in [0.15, 0.2) is 0 Å². The van der Waals surface area contributed by atoms with Crippen LogP contribution in [0.25, 0.3) is 0 Å². The predicted octanol–water partition coefficient (Wildman–Crippen LogP) is 0.0140. The maximum Gasteiger partial charge on any atom is 0.220 e. The summed E-state index contributed by atoms with van der Waals surface area (Å²) < 4.78 is 0. The van der Waals surface area contributed by atoms with Crippen LogP contribution in [0.4, 0.5) is 0 Å². The summed E-state index contributed by atoms with van der Waals surface area (Å²) in [6, 6.07) is 0.575. The molecule has 0 radical (unpaired) electrons. The molecule has 0 aliphatic carbocycles. The Morgan fingerprint density at radius 1 is 1.64 bits per heavy atom. The minimum absolute atomic E-state index is 0.153. The van der Waals surface area contributed by atoms with Crippen LogP contribution in [0.1, 0.15) is 33.1 Å². The Morgan fingerprint density at radius 3 is 2.86 bits per heavy atom. The lowest BCUT2D eigenvalue weighted by atomic mass is 10.1. The molecule has 4 nitrogen and oxygen atoms in total. The molecule has 3 unspecified atom stereocenters. The van der Waals surface area contributed by atoms with Gasteiger partial charge in [0.2, 0.25) is 5.91 Å². The van der Waals surface area contributed by atoms with Crippen molar-refractivity contribution in [2.75, 3.05) is 6.54 Å². The molecule has 1 aliphatic rings. The van der Waals surface area contributed by atoms with Crippen molar-refractivity contribution in [3.05, 3.63) is 0 Å². The quantitative estimate of drug-likeness (QED) is 0.586. The zero-order valence-corrected chi connectivity index (χ0v) is 8.92. The minimum Gasteiger partial charge on any atom is -0.393 e. The van der Waals surface area contributed by atoms with Crippen molar-refractivity contribution >= 4 is 5.91 Å². The zero-order valence-electron chi connectivity index (χ0n) is 8.92. The van der Waals surface area contributed by atoms with E-state index >= 15 is 0 Å². The van der Waals surface area contributed by atoms with Gasteiger partial charge in [-0.15, -0.1) is 0 Å². The molecule has 0 aromatic rings. The van der Waals surface area contributed by atoms with Gasteiger partial charge in [-0.3, -0.25) is 4.79 Å². The Balaban J connectivity index is 2.11. The van der Waals surface area contributed by atoms with Gasteiger partial charge in [-0.2, -0.15) is 0 Å². The van der Waals surface area contributed by atoms with E-state index in [0.717, 1.165) is 19.4 Å². The van der Waals surface area contributed by atoms with Crippen molar-refractivity contribution in [1.82, 2.24) is 10.6 Å². The lowest BCUT2D eigenvalue weighted by Gasteiger charge is -2.18. The van der Waals surface area contributed by atoms with Crippen LogP contribution in [-0.4, -0.2) is 35.7 Å². The summed E-state index contributed by atoms with van der Waals surface area (Å²) in [7, 11) is 0. The minimum atomic E-state index is -0.268. The highest BCUT2D eigenvalue weighted by molar-refractivity contribution is 5.78. The highest BCUT2D eigenvalue weighted by atomic mass is 16.3. The van der Waals surface area contributed by atoms with Gasteiger partial charge in [-0.25, -0.2) is 0 Å². The van der Waals surface area contributed by atoms with E-state index in [2.05, 4.69) is 10.6 Å².